The second-order valence-electron chi connectivity index (χ2n) is 7.47. The SMILES string of the molecule is CN=C(NCCCCOCc1ccccc1)NCc1ncc(C(C)(C)C)o1. The first-order chi connectivity index (χ1) is 13.0. The van der Waals surface area contributed by atoms with Gasteiger partial charge in [0.05, 0.1) is 19.3 Å². The summed E-state index contributed by atoms with van der Waals surface area (Å²) in [5, 5.41) is 6.52. The lowest BCUT2D eigenvalue weighted by atomic mass is 9.94. The number of hydrogen-bond acceptors (Lipinski definition) is 4. The van der Waals surface area contributed by atoms with Gasteiger partial charge in [-0.1, -0.05) is 51.1 Å². The van der Waals surface area contributed by atoms with Crippen LogP contribution >= 0.6 is 0 Å². The number of hydrogen-bond donors (Lipinski definition) is 2. The molecule has 0 aliphatic heterocycles. The molecule has 0 radical (unpaired) electrons. The Morgan fingerprint density at radius 3 is 2.59 bits per heavy atom. The third-order valence-electron chi connectivity index (χ3n) is 4.04. The maximum atomic E-state index is 5.78. The number of ether oxygens (including phenoxy) is 1. The van der Waals surface area contributed by atoms with Gasteiger partial charge in [-0.3, -0.25) is 4.99 Å². The lowest BCUT2D eigenvalue weighted by Gasteiger charge is -2.13. The number of rotatable bonds is 9. The molecule has 0 aliphatic carbocycles. The molecule has 0 fully saturated rings. The van der Waals surface area contributed by atoms with Crippen molar-refractivity contribution < 1.29 is 9.15 Å². The summed E-state index contributed by atoms with van der Waals surface area (Å²) in [4.78, 5) is 8.54. The lowest BCUT2D eigenvalue weighted by Crippen LogP contribution is -2.37. The predicted octanol–water partition coefficient (Wildman–Crippen LogP) is 3.63. The largest absolute Gasteiger partial charge is 0.443 e. The molecule has 1 aromatic carbocycles. The number of nitrogens with zero attached hydrogens (tertiary/aromatic N) is 2. The van der Waals surface area contributed by atoms with E-state index in [0.29, 0.717) is 19.0 Å². The molecule has 0 spiro atoms. The van der Waals surface area contributed by atoms with Crippen molar-refractivity contribution in [3.8, 4) is 0 Å². The molecule has 0 amide bonds. The molecular weight excluding hydrogens is 340 g/mol. The predicted molar refractivity (Wildman–Crippen MR) is 109 cm³/mol. The first-order valence-corrected chi connectivity index (χ1v) is 9.50. The molecule has 148 valence electrons. The zero-order chi connectivity index (χ0) is 19.5. The van der Waals surface area contributed by atoms with Crippen molar-refractivity contribution in [2.45, 2.75) is 52.2 Å². The molecule has 0 aliphatic rings. The molecule has 27 heavy (non-hydrogen) atoms. The van der Waals surface area contributed by atoms with E-state index in [1.165, 1.54) is 5.56 Å². The van der Waals surface area contributed by atoms with Crippen molar-refractivity contribution in [3.05, 3.63) is 53.7 Å². The molecule has 0 unspecified atom stereocenters. The molecule has 2 aromatic rings. The van der Waals surface area contributed by atoms with E-state index in [2.05, 4.69) is 53.5 Å². The van der Waals surface area contributed by atoms with Gasteiger partial charge in [0.25, 0.3) is 0 Å². The average Bonchev–Trinajstić information content (AvgIpc) is 3.14. The van der Waals surface area contributed by atoms with Crippen molar-refractivity contribution >= 4 is 5.96 Å². The van der Waals surface area contributed by atoms with Crippen LogP contribution in [0.25, 0.3) is 0 Å². The summed E-state index contributed by atoms with van der Waals surface area (Å²) in [6.07, 6.45) is 3.82. The molecular formula is C21H32N4O2. The zero-order valence-corrected chi connectivity index (χ0v) is 16.9. The molecule has 6 nitrogen and oxygen atoms in total. The zero-order valence-electron chi connectivity index (χ0n) is 16.9. The summed E-state index contributed by atoms with van der Waals surface area (Å²) in [6, 6.07) is 10.2. The maximum absolute atomic E-state index is 5.78. The first kappa shape index (κ1) is 21.0. The van der Waals surface area contributed by atoms with Crippen LogP contribution in [0.5, 0.6) is 0 Å². The molecule has 0 bridgehead atoms. The topological polar surface area (TPSA) is 71.7 Å². The van der Waals surface area contributed by atoms with Crippen LogP contribution in [0.3, 0.4) is 0 Å². The number of aromatic nitrogens is 1. The molecule has 2 N–H and O–H groups in total. The van der Waals surface area contributed by atoms with Crippen LogP contribution in [0.4, 0.5) is 0 Å². The summed E-state index contributed by atoms with van der Waals surface area (Å²) >= 11 is 0. The number of nitrogens with one attached hydrogen (secondary N) is 2. The van der Waals surface area contributed by atoms with Crippen molar-refractivity contribution in [2.24, 2.45) is 4.99 Å². The Bertz CT molecular complexity index is 690. The summed E-state index contributed by atoms with van der Waals surface area (Å²) in [5.74, 6) is 2.30. The minimum absolute atomic E-state index is 0.0340. The molecule has 1 aromatic heterocycles. The van der Waals surface area contributed by atoms with E-state index in [1.54, 1.807) is 13.2 Å². The van der Waals surface area contributed by atoms with E-state index < -0.39 is 0 Å². The van der Waals surface area contributed by atoms with E-state index in [1.807, 2.05) is 18.2 Å². The van der Waals surface area contributed by atoms with Crippen molar-refractivity contribution in [1.29, 1.82) is 0 Å². The highest BCUT2D eigenvalue weighted by atomic mass is 16.5. The van der Waals surface area contributed by atoms with Gasteiger partial charge in [-0.2, -0.15) is 0 Å². The number of benzene rings is 1. The Kier molecular flexibility index (Phi) is 8.33. The van der Waals surface area contributed by atoms with Crippen molar-refractivity contribution in [2.75, 3.05) is 20.2 Å². The van der Waals surface area contributed by atoms with Gasteiger partial charge in [0, 0.05) is 25.6 Å². The van der Waals surface area contributed by atoms with E-state index in [0.717, 1.165) is 37.7 Å². The van der Waals surface area contributed by atoms with Gasteiger partial charge >= 0.3 is 0 Å². The smallest absolute Gasteiger partial charge is 0.213 e. The average molecular weight is 373 g/mol. The van der Waals surface area contributed by atoms with Gasteiger partial charge < -0.3 is 19.8 Å². The van der Waals surface area contributed by atoms with Gasteiger partial charge in [-0.05, 0) is 18.4 Å². The summed E-state index contributed by atoms with van der Waals surface area (Å²) in [7, 11) is 1.76. The fourth-order valence-corrected chi connectivity index (χ4v) is 2.42. The van der Waals surface area contributed by atoms with E-state index in [-0.39, 0.29) is 5.41 Å². The molecule has 1 heterocycles. The maximum Gasteiger partial charge on any atom is 0.213 e. The third-order valence-corrected chi connectivity index (χ3v) is 4.04. The summed E-state index contributed by atoms with van der Waals surface area (Å²) in [5.41, 5.74) is 1.18. The second-order valence-corrected chi connectivity index (χ2v) is 7.47. The number of unbranched alkanes of at least 4 members (excludes halogenated alkanes) is 1. The molecule has 0 atom stereocenters. The van der Waals surface area contributed by atoms with Crippen molar-refractivity contribution in [3.63, 3.8) is 0 Å². The molecule has 2 rings (SSSR count). The second kappa shape index (κ2) is 10.7. The van der Waals surface area contributed by atoms with Crippen LogP contribution < -0.4 is 10.6 Å². The van der Waals surface area contributed by atoms with Crippen molar-refractivity contribution in [1.82, 2.24) is 15.6 Å². The molecule has 0 saturated carbocycles. The van der Waals surface area contributed by atoms with Crippen LogP contribution in [-0.2, 0) is 23.3 Å². The number of guanidine groups is 1. The highest BCUT2D eigenvalue weighted by Gasteiger charge is 2.19. The molecule has 0 saturated heterocycles. The fourth-order valence-electron chi connectivity index (χ4n) is 2.42. The molecule has 6 heteroatoms. The Labute approximate surface area is 162 Å². The Morgan fingerprint density at radius 1 is 1.15 bits per heavy atom. The van der Waals surface area contributed by atoms with Crippen LogP contribution in [0, 0.1) is 0 Å². The van der Waals surface area contributed by atoms with E-state index >= 15 is 0 Å². The Balaban J connectivity index is 1.57. The van der Waals surface area contributed by atoms with Gasteiger partial charge in [0.2, 0.25) is 5.89 Å². The summed E-state index contributed by atoms with van der Waals surface area (Å²) < 4.78 is 11.5. The van der Waals surface area contributed by atoms with Gasteiger partial charge in [0.15, 0.2) is 5.96 Å². The normalized spacial score (nSPS) is 12.2. The standard InChI is InChI=1S/C21H32N4O2/c1-21(2,3)18-14-24-19(27-18)15-25-20(22-4)23-12-8-9-13-26-16-17-10-6-5-7-11-17/h5-7,10-11,14H,8-9,12-13,15-16H2,1-4H3,(H2,22,23,25). The third kappa shape index (κ3) is 7.83. The number of aliphatic imine (C=N–C) groups is 1. The van der Waals surface area contributed by atoms with Crippen LogP contribution in [-0.4, -0.2) is 31.1 Å². The number of oxazole rings is 1. The van der Waals surface area contributed by atoms with Crippen LogP contribution in [0.2, 0.25) is 0 Å². The highest BCUT2D eigenvalue weighted by molar-refractivity contribution is 5.79. The first-order valence-electron chi connectivity index (χ1n) is 9.50. The van der Waals surface area contributed by atoms with Crippen LogP contribution in [0.1, 0.15) is 50.8 Å². The monoisotopic (exact) mass is 372 g/mol. The van der Waals surface area contributed by atoms with Gasteiger partial charge in [-0.15, -0.1) is 0 Å². The Hall–Kier alpha value is -2.34. The fraction of sp³-hybridized carbons (Fsp3) is 0.524. The Morgan fingerprint density at radius 2 is 1.93 bits per heavy atom. The lowest BCUT2D eigenvalue weighted by molar-refractivity contribution is 0.117. The quantitative estimate of drug-likeness (QED) is 0.399. The van der Waals surface area contributed by atoms with E-state index in [9.17, 15) is 0 Å². The van der Waals surface area contributed by atoms with Crippen LogP contribution in [0.15, 0.2) is 45.9 Å². The van der Waals surface area contributed by atoms with Gasteiger partial charge in [-0.25, -0.2) is 4.98 Å². The minimum atomic E-state index is -0.0340. The minimum Gasteiger partial charge on any atom is -0.443 e. The van der Waals surface area contributed by atoms with Gasteiger partial charge in [0.1, 0.15) is 5.76 Å². The van der Waals surface area contributed by atoms with E-state index in [4.69, 9.17) is 9.15 Å². The highest BCUT2D eigenvalue weighted by Crippen LogP contribution is 2.22. The summed E-state index contributed by atoms with van der Waals surface area (Å²) in [6.45, 7) is 9.10.